The fourth-order valence-electron chi connectivity index (χ4n) is 1.14. The van der Waals surface area contributed by atoms with Crippen molar-refractivity contribution in [2.45, 2.75) is 44.5 Å². The normalized spacial score (nSPS) is 15.7. The van der Waals surface area contributed by atoms with Crippen LogP contribution in [0.1, 0.15) is 33.1 Å². The molecule has 0 spiro atoms. The quantitative estimate of drug-likeness (QED) is 0.618. The zero-order valence-corrected chi connectivity index (χ0v) is 9.73. The second kappa shape index (κ2) is 8.79. The van der Waals surface area contributed by atoms with E-state index in [0.29, 0.717) is 6.04 Å². The maximum Gasteiger partial charge on any atom is 0.0476 e. The largest absolute Gasteiger partial charge is 0.385 e. The maximum absolute atomic E-state index is 6.07. The predicted octanol–water partition coefficient (Wildman–Crippen LogP) is 2.41. The number of halogens is 1. The Bertz CT molecular complexity index is 111. The number of methoxy groups -OCH3 is 1. The number of ether oxygens (including phenoxy) is 1. The Hall–Kier alpha value is 0.210. The lowest BCUT2D eigenvalue weighted by molar-refractivity contribution is 0.185. The van der Waals surface area contributed by atoms with E-state index in [1.165, 1.54) is 0 Å². The molecule has 0 aromatic heterocycles. The monoisotopic (exact) mass is 207 g/mol. The van der Waals surface area contributed by atoms with Crippen LogP contribution in [0.4, 0.5) is 0 Å². The average molecular weight is 208 g/mol. The van der Waals surface area contributed by atoms with Gasteiger partial charge in [0, 0.05) is 31.7 Å². The maximum atomic E-state index is 6.07. The van der Waals surface area contributed by atoms with Gasteiger partial charge in [0.25, 0.3) is 0 Å². The summed E-state index contributed by atoms with van der Waals surface area (Å²) in [7, 11) is 1.73. The van der Waals surface area contributed by atoms with Crippen molar-refractivity contribution in [3.63, 3.8) is 0 Å². The molecular formula is C10H22ClNO. The minimum absolute atomic E-state index is 0.273. The average Bonchev–Trinajstić information content (AvgIpc) is 2.12. The van der Waals surface area contributed by atoms with E-state index in [9.17, 15) is 0 Å². The van der Waals surface area contributed by atoms with Gasteiger partial charge in [0.05, 0.1) is 0 Å². The van der Waals surface area contributed by atoms with Crippen LogP contribution in [0, 0.1) is 0 Å². The highest BCUT2D eigenvalue weighted by molar-refractivity contribution is 6.20. The molecule has 0 aliphatic carbocycles. The Morgan fingerprint density at radius 1 is 1.38 bits per heavy atom. The Morgan fingerprint density at radius 3 is 2.62 bits per heavy atom. The highest BCUT2D eigenvalue weighted by Crippen LogP contribution is 2.04. The summed E-state index contributed by atoms with van der Waals surface area (Å²) >= 11 is 6.07. The predicted molar refractivity (Wildman–Crippen MR) is 58.5 cm³/mol. The van der Waals surface area contributed by atoms with Crippen LogP contribution < -0.4 is 5.32 Å². The Morgan fingerprint density at radius 2 is 2.08 bits per heavy atom. The minimum Gasteiger partial charge on any atom is -0.385 e. The van der Waals surface area contributed by atoms with Gasteiger partial charge in [-0.3, -0.25) is 0 Å². The van der Waals surface area contributed by atoms with Gasteiger partial charge in [-0.05, 0) is 19.8 Å². The Labute approximate surface area is 87.0 Å². The third-order valence-electron chi connectivity index (χ3n) is 2.04. The van der Waals surface area contributed by atoms with Crippen LogP contribution in [0.25, 0.3) is 0 Å². The SMILES string of the molecule is CCCC(Cl)CNC(C)CCOC. The van der Waals surface area contributed by atoms with Gasteiger partial charge in [0.15, 0.2) is 0 Å². The summed E-state index contributed by atoms with van der Waals surface area (Å²) in [6, 6.07) is 0.498. The van der Waals surface area contributed by atoms with Crippen LogP contribution in [-0.2, 0) is 4.74 Å². The van der Waals surface area contributed by atoms with Gasteiger partial charge >= 0.3 is 0 Å². The van der Waals surface area contributed by atoms with Gasteiger partial charge in [0.1, 0.15) is 0 Å². The first-order chi connectivity index (χ1) is 6.20. The summed E-state index contributed by atoms with van der Waals surface area (Å²) in [5, 5.41) is 3.66. The first kappa shape index (κ1) is 13.2. The molecule has 0 saturated carbocycles. The summed E-state index contributed by atoms with van der Waals surface area (Å²) < 4.78 is 4.99. The molecule has 2 nitrogen and oxygen atoms in total. The van der Waals surface area contributed by atoms with E-state index >= 15 is 0 Å². The summed E-state index contributed by atoms with van der Waals surface area (Å²) in [6.45, 7) is 6.04. The fourth-order valence-corrected chi connectivity index (χ4v) is 1.45. The molecule has 2 unspecified atom stereocenters. The van der Waals surface area contributed by atoms with Crippen LogP contribution in [0.2, 0.25) is 0 Å². The number of hydrogen-bond donors (Lipinski definition) is 1. The van der Waals surface area contributed by atoms with E-state index in [2.05, 4.69) is 19.2 Å². The number of rotatable bonds is 8. The molecule has 13 heavy (non-hydrogen) atoms. The topological polar surface area (TPSA) is 21.3 Å². The van der Waals surface area contributed by atoms with Crippen LogP contribution in [0.5, 0.6) is 0 Å². The van der Waals surface area contributed by atoms with E-state index in [0.717, 1.165) is 32.4 Å². The zero-order chi connectivity index (χ0) is 10.1. The van der Waals surface area contributed by atoms with Crippen molar-refractivity contribution in [2.75, 3.05) is 20.3 Å². The molecule has 0 fully saturated rings. The zero-order valence-electron chi connectivity index (χ0n) is 8.98. The Balaban J connectivity index is 3.29. The highest BCUT2D eigenvalue weighted by Gasteiger charge is 2.05. The van der Waals surface area contributed by atoms with E-state index in [1.54, 1.807) is 7.11 Å². The number of alkyl halides is 1. The van der Waals surface area contributed by atoms with Gasteiger partial charge in [-0.2, -0.15) is 0 Å². The molecule has 0 aromatic carbocycles. The third kappa shape index (κ3) is 8.54. The van der Waals surface area contributed by atoms with Crippen LogP contribution in [0.15, 0.2) is 0 Å². The van der Waals surface area contributed by atoms with Gasteiger partial charge in [0.2, 0.25) is 0 Å². The molecule has 0 saturated heterocycles. The molecule has 3 heteroatoms. The number of nitrogens with one attached hydrogen (secondary N) is 1. The van der Waals surface area contributed by atoms with Crippen molar-refractivity contribution in [1.29, 1.82) is 0 Å². The van der Waals surface area contributed by atoms with Crippen molar-refractivity contribution in [3.05, 3.63) is 0 Å². The molecule has 0 radical (unpaired) electrons. The fraction of sp³-hybridized carbons (Fsp3) is 1.00. The van der Waals surface area contributed by atoms with Crippen LogP contribution in [0.3, 0.4) is 0 Å². The van der Waals surface area contributed by atoms with Gasteiger partial charge < -0.3 is 10.1 Å². The summed E-state index contributed by atoms with van der Waals surface area (Å²) in [5.41, 5.74) is 0. The second-order valence-electron chi connectivity index (χ2n) is 3.48. The van der Waals surface area contributed by atoms with E-state index < -0.39 is 0 Å². The Kier molecular flexibility index (Phi) is 8.93. The standard InChI is InChI=1S/C10H22ClNO/c1-4-5-10(11)8-12-9(2)6-7-13-3/h9-10,12H,4-8H2,1-3H3. The van der Waals surface area contributed by atoms with Crippen molar-refractivity contribution in [1.82, 2.24) is 5.32 Å². The van der Waals surface area contributed by atoms with Crippen molar-refractivity contribution >= 4 is 11.6 Å². The summed E-state index contributed by atoms with van der Waals surface area (Å²) in [4.78, 5) is 0. The molecule has 0 aliphatic heterocycles. The minimum atomic E-state index is 0.273. The lowest BCUT2D eigenvalue weighted by Crippen LogP contribution is -2.32. The summed E-state index contributed by atoms with van der Waals surface area (Å²) in [6.07, 6.45) is 3.29. The molecule has 2 atom stereocenters. The van der Waals surface area contributed by atoms with Crippen LogP contribution >= 0.6 is 11.6 Å². The molecule has 0 heterocycles. The van der Waals surface area contributed by atoms with Crippen molar-refractivity contribution < 1.29 is 4.74 Å². The summed E-state index contributed by atoms with van der Waals surface area (Å²) in [5.74, 6) is 0. The molecule has 1 N–H and O–H groups in total. The highest BCUT2D eigenvalue weighted by atomic mass is 35.5. The molecule has 0 rings (SSSR count). The van der Waals surface area contributed by atoms with E-state index in [1.807, 2.05) is 0 Å². The molecule has 0 bridgehead atoms. The van der Waals surface area contributed by atoms with E-state index in [4.69, 9.17) is 16.3 Å². The van der Waals surface area contributed by atoms with Crippen molar-refractivity contribution in [2.24, 2.45) is 0 Å². The molecule has 0 aromatic rings. The third-order valence-corrected chi connectivity index (χ3v) is 2.42. The smallest absolute Gasteiger partial charge is 0.0476 e. The van der Waals surface area contributed by atoms with Crippen LogP contribution in [-0.4, -0.2) is 31.7 Å². The lowest BCUT2D eigenvalue weighted by Gasteiger charge is -2.15. The van der Waals surface area contributed by atoms with Crippen molar-refractivity contribution in [3.8, 4) is 0 Å². The first-order valence-electron chi connectivity index (χ1n) is 5.07. The molecule has 0 amide bonds. The van der Waals surface area contributed by atoms with Gasteiger partial charge in [-0.25, -0.2) is 0 Å². The first-order valence-corrected chi connectivity index (χ1v) is 5.50. The number of hydrogen-bond acceptors (Lipinski definition) is 2. The van der Waals surface area contributed by atoms with E-state index in [-0.39, 0.29) is 5.38 Å². The molecule has 80 valence electrons. The molecular weight excluding hydrogens is 186 g/mol. The van der Waals surface area contributed by atoms with Gasteiger partial charge in [-0.1, -0.05) is 13.3 Å². The van der Waals surface area contributed by atoms with Gasteiger partial charge in [-0.15, -0.1) is 11.6 Å². The lowest BCUT2D eigenvalue weighted by atomic mass is 10.2. The molecule has 0 aliphatic rings. The second-order valence-corrected chi connectivity index (χ2v) is 4.09.